The molecule has 1 unspecified atom stereocenters. The maximum atomic E-state index is 11.9. The molecule has 0 heterocycles. The zero-order chi connectivity index (χ0) is 13.0. The second-order valence-electron chi connectivity index (χ2n) is 4.84. The third-order valence-electron chi connectivity index (χ3n) is 3.24. The Kier molecular flexibility index (Phi) is 4.33. The molecule has 4 heteroatoms. The SMILES string of the molecule is COCc1ccccc1NC(=O)CC(N)C1CC1. The van der Waals surface area contributed by atoms with Crippen molar-refractivity contribution in [3.63, 3.8) is 0 Å². The fourth-order valence-corrected chi connectivity index (χ4v) is 2.03. The van der Waals surface area contributed by atoms with E-state index in [-0.39, 0.29) is 11.9 Å². The Morgan fingerprint density at radius 1 is 1.50 bits per heavy atom. The van der Waals surface area contributed by atoms with Gasteiger partial charge in [0.2, 0.25) is 5.91 Å². The van der Waals surface area contributed by atoms with Crippen molar-refractivity contribution in [2.75, 3.05) is 12.4 Å². The van der Waals surface area contributed by atoms with Crippen molar-refractivity contribution < 1.29 is 9.53 Å². The molecule has 0 aliphatic heterocycles. The van der Waals surface area contributed by atoms with Crippen molar-refractivity contribution in [1.29, 1.82) is 0 Å². The number of carbonyl (C=O) groups excluding carboxylic acids is 1. The average molecular weight is 248 g/mol. The summed E-state index contributed by atoms with van der Waals surface area (Å²) in [6, 6.07) is 7.66. The molecule has 0 radical (unpaired) electrons. The Balaban J connectivity index is 1.93. The Bertz CT molecular complexity index is 416. The molecule has 0 aromatic heterocycles. The minimum atomic E-state index is -0.0158. The molecule has 3 N–H and O–H groups in total. The van der Waals surface area contributed by atoms with E-state index in [1.807, 2.05) is 24.3 Å². The molecule has 1 aliphatic rings. The fraction of sp³-hybridized carbons (Fsp3) is 0.500. The normalized spacial score (nSPS) is 16.3. The van der Waals surface area contributed by atoms with Gasteiger partial charge in [0.1, 0.15) is 0 Å². The number of hydrogen-bond acceptors (Lipinski definition) is 3. The van der Waals surface area contributed by atoms with Crippen molar-refractivity contribution in [2.24, 2.45) is 11.7 Å². The first-order chi connectivity index (χ1) is 8.70. The maximum absolute atomic E-state index is 11.9. The summed E-state index contributed by atoms with van der Waals surface area (Å²) in [6.07, 6.45) is 2.72. The van der Waals surface area contributed by atoms with Crippen LogP contribution < -0.4 is 11.1 Å². The largest absolute Gasteiger partial charge is 0.380 e. The molecule has 1 aromatic carbocycles. The molecule has 2 rings (SSSR count). The lowest BCUT2D eigenvalue weighted by Crippen LogP contribution is -2.29. The molecule has 0 saturated heterocycles. The number of carbonyl (C=O) groups is 1. The number of rotatable bonds is 6. The highest BCUT2D eigenvalue weighted by Gasteiger charge is 2.29. The molecule has 1 amide bonds. The molecule has 4 nitrogen and oxygen atoms in total. The highest BCUT2D eigenvalue weighted by atomic mass is 16.5. The quantitative estimate of drug-likeness (QED) is 0.808. The van der Waals surface area contributed by atoms with E-state index in [2.05, 4.69) is 5.32 Å². The lowest BCUT2D eigenvalue weighted by atomic mass is 10.1. The van der Waals surface area contributed by atoms with Crippen LogP contribution in [-0.4, -0.2) is 19.1 Å². The maximum Gasteiger partial charge on any atom is 0.225 e. The predicted molar refractivity (Wildman–Crippen MR) is 71.1 cm³/mol. The molecule has 98 valence electrons. The van der Waals surface area contributed by atoms with Gasteiger partial charge in [-0.1, -0.05) is 18.2 Å². The molecule has 1 fully saturated rings. The number of hydrogen-bond donors (Lipinski definition) is 2. The third-order valence-corrected chi connectivity index (χ3v) is 3.24. The van der Waals surface area contributed by atoms with Gasteiger partial charge in [-0.05, 0) is 24.8 Å². The second-order valence-corrected chi connectivity index (χ2v) is 4.84. The van der Waals surface area contributed by atoms with Crippen molar-refractivity contribution >= 4 is 11.6 Å². The molecule has 1 aliphatic carbocycles. The predicted octanol–water partition coefficient (Wildman–Crippen LogP) is 1.90. The van der Waals surface area contributed by atoms with Crippen LogP contribution in [0.5, 0.6) is 0 Å². The van der Waals surface area contributed by atoms with Gasteiger partial charge in [0.25, 0.3) is 0 Å². The molecule has 1 aromatic rings. The zero-order valence-corrected chi connectivity index (χ0v) is 10.7. The van der Waals surface area contributed by atoms with E-state index in [0.717, 1.165) is 24.1 Å². The van der Waals surface area contributed by atoms with Gasteiger partial charge < -0.3 is 15.8 Å². The summed E-state index contributed by atoms with van der Waals surface area (Å²) >= 11 is 0. The van der Waals surface area contributed by atoms with E-state index in [9.17, 15) is 4.79 Å². The summed E-state index contributed by atoms with van der Waals surface area (Å²) in [6.45, 7) is 0.491. The fourth-order valence-electron chi connectivity index (χ4n) is 2.03. The zero-order valence-electron chi connectivity index (χ0n) is 10.7. The lowest BCUT2D eigenvalue weighted by Gasteiger charge is -2.13. The summed E-state index contributed by atoms with van der Waals surface area (Å²) < 4.78 is 5.10. The minimum Gasteiger partial charge on any atom is -0.380 e. The molecule has 1 saturated carbocycles. The van der Waals surface area contributed by atoms with Gasteiger partial charge in [-0.3, -0.25) is 4.79 Å². The van der Waals surface area contributed by atoms with Gasteiger partial charge in [-0.15, -0.1) is 0 Å². The first-order valence-corrected chi connectivity index (χ1v) is 6.33. The standard InChI is InChI=1S/C14H20N2O2/c1-18-9-11-4-2-3-5-13(11)16-14(17)8-12(15)10-6-7-10/h2-5,10,12H,6-9,15H2,1H3,(H,16,17). The Hall–Kier alpha value is -1.39. The molecular formula is C14H20N2O2. The van der Waals surface area contributed by atoms with Crippen LogP contribution in [0, 0.1) is 5.92 Å². The van der Waals surface area contributed by atoms with Gasteiger partial charge in [0.15, 0.2) is 0 Å². The molecule has 0 bridgehead atoms. The second kappa shape index (κ2) is 5.98. The summed E-state index contributed by atoms with van der Waals surface area (Å²) in [5.41, 5.74) is 7.74. The minimum absolute atomic E-state index is 0.000382. The number of para-hydroxylation sites is 1. The monoisotopic (exact) mass is 248 g/mol. The van der Waals surface area contributed by atoms with E-state index < -0.39 is 0 Å². The number of methoxy groups -OCH3 is 1. The van der Waals surface area contributed by atoms with Crippen LogP contribution in [0.3, 0.4) is 0 Å². The highest BCUT2D eigenvalue weighted by Crippen LogP contribution is 2.32. The van der Waals surface area contributed by atoms with E-state index in [4.69, 9.17) is 10.5 Å². The van der Waals surface area contributed by atoms with E-state index in [0.29, 0.717) is 18.9 Å². The number of ether oxygens (including phenoxy) is 1. The summed E-state index contributed by atoms with van der Waals surface area (Å²) in [7, 11) is 1.64. The van der Waals surface area contributed by atoms with Gasteiger partial charge in [0.05, 0.1) is 6.61 Å². The summed E-state index contributed by atoms with van der Waals surface area (Å²) in [4.78, 5) is 11.9. The van der Waals surface area contributed by atoms with Crippen LogP contribution in [0.2, 0.25) is 0 Å². The first kappa shape index (κ1) is 13.1. The summed E-state index contributed by atoms with van der Waals surface area (Å²) in [5, 5.41) is 2.91. The van der Waals surface area contributed by atoms with Gasteiger partial charge in [-0.25, -0.2) is 0 Å². The Morgan fingerprint density at radius 3 is 2.89 bits per heavy atom. The molecule has 0 spiro atoms. The number of nitrogens with one attached hydrogen (secondary N) is 1. The number of amides is 1. The topological polar surface area (TPSA) is 64.3 Å². The van der Waals surface area contributed by atoms with E-state index in [1.165, 1.54) is 0 Å². The van der Waals surface area contributed by atoms with E-state index in [1.54, 1.807) is 7.11 Å². The Morgan fingerprint density at radius 2 is 2.22 bits per heavy atom. The van der Waals surface area contributed by atoms with Gasteiger partial charge in [0, 0.05) is 30.8 Å². The molecule has 1 atom stereocenters. The van der Waals surface area contributed by atoms with Gasteiger partial charge >= 0.3 is 0 Å². The number of benzene rings is 1. The first-order valence-electron chi connectivity index (χ1n) is 6.33. The van der Waals surface area contributed by atoms with Crippen LogP contribution in [0.4, 0.5) is 5.69 Å². The molecular weight excluding hydrogens is 228 g/mol. The smallest absolute Gasteiger partial charge is 0.225 e. The van der Waals surface area contributed by atoms with Crippen molar-refractivity contribution in [3.05, 3.63) is 29.8 Å². The highest BCUT2D eigenvalue weighted by molar-refractivity contribution is 5.91. The van der Waals surface area contributed by atoms with Crippen LogP contribution in [0.1, 0.15) is 24.8 Å². The number of anilines is 1. The lowest BCUT2D eigenvalue weighted by molar-refractivity contribution is -0.116. The third kappa shape index (κ3) is 3.55. The average Bonchev–Trinajstić information content (AvgIpc) is 3.15. The van der Waals surface area contributed by atoms with Crippen LogP contribution in [0.15, 0.2) is 24.3 Å². The summed E-state index contributed by atoms with van der Waals surface area (Å²) in [5.74, 6) is 0.530. The van der Waals surface area contributed by atoms with Crippen LogP contribution in [-0.2, 0) is 16.1 Å². The van der Waals surface area contributed by atoms with Crippen molar-refractivity contribution in [3.8, 4) is 0 Å². The van der Waals surface area contributed by atoms with Crippen molar-refractivity contribution in [2.45, 2.75) is 31.9 Å². The molecule has 18 heavy (non-hydrogen) atoms. The van der Waals surface area contributed by atoms with E-state index >= 15 is 0 Å². The number of nitrogens with two attached hydrogens (primary N) is 1. The van der Waals surface area contributed by atoms with Crippen LogP contribution in [0.25, 0.3) is 0 Å². The van der Waals surface area contributed by atoms with Crippen LogP contribution >= 0.6 is 0 Å². The Labute approximate surface area is 108 Å². The van der Waals surface area contributed by atoms with Crippen molar-refractivity contribution in [1.82, 2.24) is 0 Å². The van der Waals surface area contributed by atoms with Gasteiger partial charge in [-0.2, -0.15) is 0 Å².